The number of rotatable bonds is 2. The molecule has 3 atom stereocenters. The minimum atomic E-state index is -2.78. The molecule has 3 aliphatic carbocycles. The maximum absolute atomic E-state index is 13.6. The summed E-state index contributed by atoms with van der Waals surface area (Å²) in [6, 6.07) is 0. The van der Waals surface area contributed by atoms with Crippen LogP contribution in [0.3, 0.4) is 0 Å². The van der Waals surface area contributed by atoms with Gasteiger partial charge in [-0.2, -0.15) is 0 Å². The van der Waals surface area contributed by atoms with Gasteiger partial charge < -0.3 is 5.11 Å². The zero-order valence-corrected chi connectivity index (χ0v) is 8.96. The lowest BCUT2D eigenvalue weighted by Gasteiger charge is -2.62. The van der Waals surface area contributed by atoms with E-state index >= 15 is 0 Å². The molecular weight excluding hydrogens is 202 g/mol. The van der Waals surface area contributed by atoms with E-state index in [1.807, 2.05) is 13.8 Å². The van der Waals surface area contributed by atoms with Crippen molar-refractivity contribution in [2.75, 3.05) is 0 Å². The van der Waals surface area contributed by atoms with Gasteiger partial charge in [-0.15, -0.1) is 0 Å². The summed E-state index contributed by atoms with van der Waals surface area (Å²) in [6.45, 7) is 3.96. The summed E-state index contributed by atoms with van der Waals surface area (Å²) in [5, 5.41) is 8.67. The number of hydrogen-bond acceptors (Lipinski definition) is 1. The third kappa shape index (κ3) is 1.45. The summed E-state index contributed by atoms with van der Waals surface area (Å²) in [5.74, 6) is -4.90. The summed E-state index contributed by atoms with van der Waals surface area (Å²) >= 11 is 0. The Labute approximate surface area is 87.7 Å². The summed E-state index contributed by atoms with van der Waals surface area (Å²) < 4.78 is 27.2. The molecule has 3 fully saturated rings. The Morgan fingerprint density at radius 1 is 1.47 bits per heavy atom. The quantitative estimate of drug-likeness (QED) is 0.773. The normalized spacial score (nSPS) is 40.7. The maximum atomic E-state index is 13.6. The minimum Gasteiger partial charge on any atom is -0.481 e. The average Bonchev–Trinajstić information content (AvgIpc) is 2.06. The van der Waals surface area contributed by atoms with Crippen LogP contribution in [-0.4, -0.2) is 17.0 Å². The second-order valence-corrected chi connectivity index (χ2v) is 5.53. The number of halogens is 2. The van der Waals surface area contributed by atoms with E-state index in [1.54, 1.807) is 0 Å². The van der Waals surface area contributed by atoms with E-state index in [9.17, 15) is 13.6 Å². The first-order valence-electron chi connectivity index (χ1n) is 5.35. The predicted molar refractivity (Wildman–Crippen MR) is 50.7 cm³/mol. The SMILES string of the molecule is CC1(C)C2CC1C(CC(=O)O)C(F)(F)C2. The number of carbonyl (C=O) groups is 1. The molecule has 3 saturated carbocycles. The van der Waals surface area contributed by atoms with Crippen molar-refractivity contribution < 1.29 is 18.7 Å². The molecule has 2 nitrogen and oxygen atoms in total. The molecule has 0 aromatic carbocycles. The molecule has 3 rings (SSSR count). The molecule has 3 aliphatic rings. The van der Waals surface area contributed by atoms with E-state index in [0.717, 1.165) is 6.42 Å². The fraction of sp³-hybridized carbons (Fsp3) is 0.909. The summed E-state index contributed by atoms with van der Waals surface area (Å²) in [5.41, 5.74) is -0.0954. The molecule has 0 radical (unpaired) electrons. The van der Waals surface area contributed by atoms with E-state index in [4.69, 9.17) is 5.11 Å². The van der Waals surface area contributed by atoms with Gasteiger partial charge in [0.05, 0.1) is 6.42 Å². The van der Waals surface area contributed by atoms with Gasteiger partial charge in [0.1, 0.15) is 0 Å². The second kappa shape index (κ2) is 2.92. The highest BCUT2D eigenvalue weighted by molar-refractivity contribution is 5.67. The molecule has 86 valence electrons. The van der Waals surface area contributed by atoms with Gasteiger partial charge in [0.15, 0.2) is 0 Å². The summed E-state index contributed by atoms with van der Waals surface area (Å²) in [7, 11) is 0. The highest BCUT2D eigenvalue weighted by atomic mass is 19.3. The Balaban J connectivity index is 2.20. The van der Waals surface area contributed by atoms with Crippen molar-refractivity contribution >= 4 is 5.97 Å². The average molecular weight is 218 g/mol. The number of carboxylic acid groups (broad SMARTS) is 1. The van der Waals surface area contributed by atoms with Crippen LogP contribution in [0.5, 0.6) is 0 Å². The first kappa shape index (κ1) is 10.8. The van der Waals surface area contributed by atoms with Gasteiger partial charge in [0.25, 0.3) is 5.92 Å². The van der Waals surface area contributed by atoms with E-state index in [1.165, 1.54) is 0 Å². The van der Waals surface area contributed by atoms with Crippen LogP contribution in [0.15, 0.2) is 0 Å². The van der Waals surface area contributed by atoms with Crippen LogP contribution in [0.1, 0.15) is 33.1 Å². The van der Waals surface area contributed by atoms with Gasteiger partial charge in [-0.05, 0) is 23.7 Å². The topological polar surface area (TPSA) is 37.3 Å². The number of aliphatic carboxylic acids is 1. The first-order chi connectivity index (χ1) is 6.75. The van der Waals surface area contributed by atoms with Gasteiger partial charge in [0.2, 0.25) is 0 Å². The molecule has 0 spiro atoms. The Kier molecular flexibility index (Phi) is 2.11. The van der Waals surface area contributed by atoms with Crippen molar-refractivity contribution in [3.8, 4) is 0 Å². The lowest BCUT2D eigenvalue weighted by Crippen LogP contribution is -2.60. The van der Waals surface area contributed by atoms with Crippen LogP contribution in [0.4, 0.5) is 8.78 Å². The fourth-order valence-corrected chi connectivity index (χ4v) is 3.34. The van der Waals surface area contributed by atoms with Crippen molar-refractivity contribution in [2.45, 2.75) is 39.0 Å². The van der Waals surface area contributed by atoms with Crippen LogP contribution in [0.25, 0.3) is 0 Å². The molecule has 2 bridgehead atoms. The van der Waals surface area contributed by atoms with Crippen LogP contribution >= 0.6 is 0 Å². The Bertz CT molecular complexity index is 299. The lowest BCUT2D eigenvalue weighted by atomic mass is 9.44. The Morgan fingerprint density at radius 3 is 2.53 bits per heavy atom. The first-order valence-corrected chi connectivity index (χ1v) is 5.35. The van der Waals surface area contributed by atoms with Crippen molar-refractivity contribution in [3.05, 3.63) is 0 Å². The lowest BCUT2D eigenvalue weighted by molar-refractivity contribution is -0.235. The second-order valence-electron chi connectivity index (χ2n) is 5.53. The Hall–Kier alpha value is -0.670. The fourth-order valence-electron chi connectivity index (χ4n) is 3.34. The van der Waals surface area contributed by atoms with Crippen LogP contribution in [0.2, 0.25) is 0 Å². The van der Waals surface area contributed by atoms with E-state index in [2.05, 4.69) is 0 Å². The highest BCUT2D eigenvalue weighted by Crippen LogP contribution is 2.66. The van der Waals surface area contributed by atoms with Crippen molar-refractivity contribution in [3.63, 3.8) is 0 Å². The minimum absolute atomic E-state index is 0.0718. The van der Waals surface area contributed by atoms with Crippen LogP contribution < -0.4 is 0 Å². The monoisotopic (exact) mass is 218 g/mol. The number of carboxylic acids is 1. The molecule has 0 amide bonds. The molecular formula is C11H16F2O2. The highest BCUT2D eigenvalue weighted by Gasteiger charge is 2.64. The van der Waals surface area contributed by atoms with Gasteiger partial charge >= 0.3 is 5.97 Å². The van der Waals surface area contributed by atoms with Gasteiger partial charge in [-0.1, -0.05) is 13.8 Å². The summed E-state index contributed by atoms with van der Waals surface area (Å²) in [6.07, 6.45) is 0.253. The zero-order valence-electron chi connectivity index (χ0n) is 8.96. The molecule has 0 aromatic heterocycles. The summed E-state index contributed by atoms with van der Waals surface area (Å²) in [4.78, 5) is 10.6. The maximum Gasteiger partial charge on any atom is 0.303 e. The molecule has 0 aliphatic heterocycles. The number of hydrogen-bond donors (Lipinski definition) is 1. The van der Waals surface area contributed by atoms with Gasteiger partial charge in [-0.3, -0.25) is 4.79 Å². The third-order valence-corrected chi connectivity index (χ3v) is 4.49. The number of alkyl halides is 2. The largest absolute Gasteiger partial charge is 0.481 e. The molecule has 0 saturated heterocycles. The van der Waals surface area contributed by atoms with Gasteiger partial charge in [-0.25, -0.2) is 8.78 Å². The van der Waals surface area contributed by atoms with Gasteiger partial charge in [0, 0.05) is 12.3 Å². The van der Waals surface area contributed by atoms with Crippen molar-refractivity contribution in [2.24, 2.45) is 23.2 Å². The van der Waals surface area contributed by atoms with Crippen LogP contribution in [0, 0.1) is 23.2 Å². The van der Waals surface area contributed by atoms with Crippen molar-refractivity contribution in [1.29, 1.82) is 0 Å². The predicted octanol–water partition coefficient (Wildman–Crippen LogP) is 2.78. The standard InChI is InChI=1S/C11H16F2O2/c1-10(2)6-3-7(10)8(4-9(14)15)11(12,13)5-6/h6-8H,3-5H2,1-2H3,(H,14,15). The molecule has 0 aromatic rings. The molecule has 15 heavy (non-hydrogen) atoms. The number of fused-ring (bicyclic) bond motifs is 2. The van der Waals surface area contributed by atoms with E-state index in [-0.39, 0.29) is 23.7 Å². The molecule has 1 N–H and O–H groups in total. The Morgan fingerprint density at radius 2 is 2.07 bits per heavy atom. The molecule has 0 heterocycles. The smallest absolute Gasteiger partial charge is 0.303 e. The zero-order chi connectivity index (χ0) is 11.4. The van der Waals surface area contributed by atoms with E-state index < -0.39 is 24.2 Å². The molecule has 4 heteroatoms. The van der Waals surface area contributed by atoms with Crippen LogP contribution in [-0.2, 0) is 4.79 Å². The van der Waals surface area contributed by atoms with E-state index in [0.29, 0.717) is 0 Å². The molecule has 3 unspecified atom stereocenters. The third-order valence-electron chi connectivity index (χ3n) is 4.49. The van der Waals surface area contributed by atoms with Crippen molar-refractivity contribution in [1.82, 2.24) is 0 Å².